The van der Waals surface area contributed by atoms with Crippen LogP contribution in [0.25, 0.3) is 0 Å². The fourth-order valence-electron chi connectivity index (χ4n) is 2.13. The molecule has 2 rings (SSSR count). The van der Waals surface area contributed by atoms with E-state index in [0.717, 1.165) is 49.3 Å². The van der Waals surface area contributed by atoms with Gasteiger partial charge in [0.15, 0.2) is 5.16 Å². The molecule has 1 unspecified atom stereocenters. The van der Waals surface area contributed by atoms with Crippen LogP contribution in [0, 0.1) is 0 Å². The highest BCUT2D eigenvalue weighted by Crippen LogP contribution is 2.25. The first-order chi connectivity index (χ1) is 9.15. The van der Waals surface area contributed by atoms with Gasteiger partial charge in [0.1, 0.15) is 11.6 Å². The lowest BCUT2D eigenvalue weighted by Gasteiger charge is -2.23. The summed E-state index contributed by atoms with van der Waals surface area (Å²) in [7, 11) is 0. The van der Waals surface area contributed by atoms with E-state index in [9.17, 15) is 0 Å². The number of rotatable bonds is 6. The van der Waals surface area contributed by atoms with Gasteiger partial charge in [-0.05, 0) is 32.9 Å². The standard InChI is InChI=1S/C13H22N4OS/c1-4-14-10-8-11(17-12(16-10)19-3)15-9-13(2)6-5-7-18-13/h8H,4-7,9H2,1-3H3,(H2,14,15,16,17). The van der Waals surface area contributed by atoms with Crippen molar-refractivity contribution in [1.82, 2.24) is 9.97 Å². The van der Waals surface area contributed by atoms with Crippen molar-refractivity contribution in [3.05, 3.63) is 6.07 Å². The Labute approximate surface area is 118 Å². The summed E-state index contributed by atoms with van der Waals surface area (Å²) in [5, 5.41) is 7.37. The molecule has 0 spiro atoms. The van der Waals surface area contributed by atoms with E-state index in [0.29, 0.717) is 0 Å². The van der Waals surface area contributed by atoms with Gasteiger partial charge in [-0.3, -0.25) is 0 Å². The van der Waals surface area contributed by atoms with Crippen LogP contribution in [0.1, 0.15) is 26.7 Å². The number of anilines is 2. The summed E-state index contributed by atoms with van der Waals surface area (Å²) in [5.41, 5.74) is -0.0666. The predicted octanol–water partition coefficient (Wildman–Crippen LogP) is 2.61. The predicted molar refractivity (Wildman–Crippen MR) is 80.1 cm³/mol. The quantitative estimate of drug-likeness (QED) is 0.618. The van der Waals surface area contributed by atoms with E-state index in [1.807, 2.05) is 12.3 Å². The van der Waals surface area contributed by atoms with Gasteiger partial charge in [0, 0.05) is 25.8 Å². The van der Waals surface area contributed by atoms with Crippen LogP contribution >= 0.6 is 11.8 Å². The zero-order valence-corrected chi connectivity index (χ0v) is 12.6. The molecule has 0 aliphatic carbocycles. The molecule has 106 valence electrons. The van der Waals surface area contributed by atoms with Crippen LogP contribution in [0.2, 0.25) is 0 Å². The molecule has 2 heterocycles. The Kier molecular flexibility index (Phi) is 4.87. The summed E-state index contributed by atoms with van der Waals surface area (Å²) in [6.45, 7) is 6.70. The Hall–Kier alpha value is -1.01. The van der Waals surface area contributed by atoms with Gasteiger partial charge in [0.05, 0.1) is 5.60 Å². The largest absolute Gasteiger partial charge is 0.373 e. The first kappa shape index (κ1) is 14.4. The summed E-state index contributed by atoms with van der Waals surface area (Å²) < 4.78 is 5.77. The molecule has 1 saturated heterocycles. The van der Waals surface area contributed by atoms with E-state index < -0.39 is 0 Å². The summed E-state index contributed by atoms with van der Waals surface area (Å²) in [4.78, 5) is 8.88. The smallest absolute Gasteiger partial charge is 0.191 e. The summed E-state index contributed by atoms with van der Waals surface area (Å²) >= 11 is 1.55. The SMILES string of the molecule is CCNc1cc(NCC2(C)CCCO2)nc(SC)n1. The van der Waals surface area contributed by atoms with Crippen LogP contribution in [0.15, 0.2) is 11.2 Å². The van der Waals surface area contributed by atoms with Gasteiger partial charge in [-0.15, -0.1) is 0 Å². The molecular formula is C13H22N4OS. The monoisotopic (exact) mass is 282 g/mol. The molecule has 0 radical (unpaired) electrons. The fourth-order valence-corrected chi connectivity index (χ4v) is 2.51. The maximum atomic E-state index is 5.77. The van der Waals surface area contributed by atoms with E-state index in [1.165, 1.54) is 0 Å². The maximum absolute atomic E-state index is 5.77. The van der Waals surface area contributed by atoms with Gasteiger partial charge >= 0.3 is 0 Å². The first-order valence-corrected chi connectivity index (χ1v) is 7.92. The Balaban J connectivity index is 2.04. The highest BCUT2D eigenvalue weighted by Gasteiger charge is 2.29. The van der Waals surface area contributed by atoms with E-state index in [-0.39, 0.29) is 5.60 Å². The number of hydrogen-bond donors (Lipinski definition) is 2. The minimum atomic E-state index is -0.0666. The molecule has 19 heavy (non-hydrogen) atoms. The van der Waals surface area contributed by atoms with Crippen molar-refractivity contribution in [2.45, 2.75) is 37.4 Å². The fraction of sp³-hybridized carbons (Fsp3) is 0.692. The van der Waals surface area contributed by atoms with E-state index in [2.05, 4.69) is 34.4 Å². The number of aromatic nitrogens is 2. The maximum Gasteiger partial charge on any atom is 0.191 e. The van der Waals surface area contributed by atoms with Crippen molar-refractivity contribution >= 4 is 23.4 Å². The van der Waals surface area contributed by atoms with Gasteiger partial charge in [-0.1, -0.05) is 11.8 Å². The molecule has 5 nitrogen and oxygen atoms in total. The van der Waals surface area contributed by atoms with Crippen LogP contribution in [0.4, 0.5) is 11.6 Å². The van der Waals surface area contributed by atoms with Gasteiger partial charge < -0.3 is 15.4 Å². The molecule has 2 N–H and O–H groups in total. The third-order valence-electron chi connectivity index (χ3n) is 3.19. The van der Waals surface area contributed by atoms with Gasteiger partial charge in [0.25, 0.3) is 0 Å². The molecule has 0 amide bonds. The molecule has 1 aromatic rings. The second-order valence-electron chi connectivity index (χ2n) is 4.91. The molecular weight excluding hydrogens is 260 g/mol. The molecule has 1 aliphatic heterocycles. The summed E-state index contributed by atoms with van der Waals surface area (Å²) in [5.74, 6) is 1.72. The van der Waals surface area contributed by atoms with Gasteiger partial charge in [-0.2, -0.15) is 0 Å². The van der Waals surface area contributed by atoms with Crippen molar-refractivity contribution in [3.63, 3.8) is 0 Å². The average molecular weight is 282 g/mol. The van der Waals surface area contributed by atoms with Gasteiger partial charge in [0.2, 0.25) is 0 Å². The molecule has 0 bridgehead atoms. The van der Waals surface area contributed by atoms with E-state index >= 15 is 0 Å². The van der Waals surface area contributed by atoms with Crippen molar-refractivity contribution < 1.29 is 4.74 Å². The summed E-state index contributed by atoms with van der Waals surface area (Å²) in [6.07, 6.45) is 4.22. The van der Waals surface area contributed by atoms with E-state index in [1.54, 1.807) is 11.8 Å². The molecule has 1 fully saturated rings. The minimum absolute atomic E-state index is 0.0666. The second-order valence-corrected chi connectivity index (χ2v) is 5.68. The lowest BCUT2D eigenvalue weighted by molar-refractivity contribution is 0.0314. The molecule has 1 atom stereocenters. The lowest BCUT2D eigenvalue weighted by Crippen LogP contribution is -2.32. The Morgan fingerprint density at radius 2 is 2.11 bits per heavy atom. The Morgan fingerprint density at radius 1 is 1.37 bits per heavy atom. The molecule has 1 aromatic heterocycles. The second kappa shape index (κ2) is 6.43. The van der Waals surface area contributed by atoms with Crippen LogP contribution in [-0.2, 0) is 4.74 Å². The average Bonchev–Trinajstić information content (AvgIpc) is 2.84. The third-order valence-corrected chi connectivity index (χ3v) is 3.74. The van der Waals surface area contributed by atoms with Crippen molar-refractivity contribution in [2.75, 3.05) is 36.6 Å². The molecule has 0 aromatic carbocycles. The van der Waals surface area contributed by atoms with Crippen molar-refractivity contribution in [2.24, 2.45) is 0 Å². The van der Waals surface area contributed by atoms with E-state index in [4.69, 9.17) is 4.74 Å². The number of thioether (sulfide) groups is 1. The van der Waals surface area contributed by atoms with Crippen molar-refractivity contribution in [1.29, 1.82) is 0 Å². The lowest BCUT2D eigenvalue weighted by atomic mass is 10.0. The minimum Gasteiger partial charge on any atom is -0.373 e. The molecule has 1 aliphatic rings. The van der Waals surface area contributed by atoms with Gasteiger partial charge in [-0.25, -0.2) is 9.97 Å². The molecule has 0 saturated carbocycles. The van der Waals surface area contributed by atoms with Crippen LogP contribution in [0.3, 0.4) is 0 Å². The number of ether oxygens (including phenoxy) is 1. The number of hydrogen-bond acceptors (Lipinski definition) is 6. The first-order valence-electron chi connectivity index (χ1n) is 6.70. The third kappa shape index (κ3) is 3.98. The molecule has 6 heteroatoms. The zero-order valence-electron chi connectivity index (χ0n) is 11.8. The van der Waals surface area contributed by atoms with Crippen LogP contribution in [0.5, 0.6) is 0 Å². The topological polar surface area (TPSA) is 59.1 Å². The Bertz CT molecular complexity index is 421. The highest BCUT2D eigenvalue weighted by atomic mass is 32.2. The number of nitrogens with zero attached hydrogens (tertiary/aromatic N) is 2. The summed E-state index contributed by atoms with van der Waals surface area (Å²) in [6, 6.07) is 1.95. The Morgan fingerprint density at radius 3 is 2.68 bits per heavy atom. The normalized spacial score (nSPS) is 22.5. The number of nitrogens with one attached hydrogen (secondary N) is 2. The van der Waals surface area contributed by atoms with Crippen molar-refractivity contribution in [3.8, 4) is 0 Å². The zero-order chi connectivity index (χ0) is 13.7. The highest BCUT2D eigenvalue weighted by molar-refractivity contribution is 7.98. The van der Waals surface area contributed by atoms with Crippen LogP contribution in [-0.4, -0.2) is 41.5 Å². The van der Waals surface area contributed by atoms with Crippen LogP contribution < -0.4 is 10.6 Å².